The van der Waals surface area contributed by atoms with Crippen LogP contribution in [0.1, 0.15) is 12.3 Å². The van der Waals surface area contributed by atoms with Gasteiger partial charge in [-0.2, -0.15) is 4.98 Å². The van der Waals surface area contributed by atoms with Gasteiger partial charge in [0.25, 0.3) is 0 Å². The average molecular weight is 392 g/mol. The van der Waals surface area contributed by atoms with Gasteiger partial charge in [0.2, 0.25) is 17.6 Å². The Morgan fingerprint density at radius 1 is 1.17 bits per heavy atom. The van der Waals surface area contributed by atoms with Crippen LogP contribution in [0.4, 0.5) is 10.1 Å². The molecule has 0 fully saturated rings. The SMILES string of the molecule is COc1ccc(NC(=O)CCc2nc(-c3ccc(F)cc3)no2)c2cccnc12. The first-order valence-corrected chi connectivity index (χ1v) is 8.94. The van der Waals surface area contributed by atoms with Gasteiger partial charge in [0, 0.05) is 30.0 Å². The lowest BCUT2D eigenvalue weighted by Gasteiger charge is -2.10. The van der Waals surface area contributed by atoms with Crippen LogP contribution in [0.2, 0.25) is 0 Å². The molecule has 1 N–H and O–H groups in total. The molecule has 2 heterocycles. The van der Waals surface area contributed by atoms with Crippen molar-refractivity contribution in [2.24, 2.45) is 0 Å². The number of ether oxygens (including phenoxy) is 1. The van der Waals surface area contributed by atoms with Crippen molar-refractivity contribution >= 4 is 22.5 Å². The molecule has 2 aromatic heterocycles. The average Bonchev–Trinajstić information content (AvgIpc) is 3.22. The fraction of sp³-hybridized carbons (Fsp3) is 0.143. The normalized spacial score (nSPS) is 10.8. The predicted molar refractivity (Wildman–Crippen MR) is 105 cm³/mol. The number of hydrogen-bond donors (Lipinski definition) is 1. The number of benzene rings is 2. The topological polar surface area (TPSA) is 90.1 Å². The number of carbonyl (C=O) groups excluding carboxylic acids is 1. The van der Waals surface area contributed by atoms with Gasteiger partial charge in [-0.05, 0) is 48.5 Å². The quantitative estimate of drug-likeness (QED) is 0.533. The molecule has 8 heteroatoms. The number of amides is 1. The predicted octanol–water partition coefficient (Wildman–Crippen LogP) is 4.00. The molecule has 1 amide bonds. The van der Waals surface area contributed by atoms with Crippen molar-refractivity contribution in [3.63, 3.8) is 0 Å². The summed E-state index contributed by atoms with van der Waals surface area (Å²) in [6.07, 6.45) is 2.12. The summed E-state index contributed by atoms with van der Waals surface area (Å²) < 4.78 is 23.5. The highest BCUT2D eigenvalue weighted by Gasteiger charge is 2.13. The molecule has 0 spiro atoms. The summed E-state index contributed by atoms with van der Waals surface area (Å²) in [6, 6.07) is 13.0. The van der Waals surface area contributed by atoms with Crippen LogP contribution in [0.15, 0.2) is 59.3 Å². The Hall–Kier alpha value is -3.81. The van der Waals surface area contributed by atoms with E-state index in [0.29, 0.717) is 34.2 Å². The Bertz CT molecular complexity index is 1160. The maximum absolute atomic E-state index is 13.0. The molecule has 0 atom stereocenters. The Morgan fingerprint density at radius 2 is 2.00 bits per heavy atom. The van der Waals surface area contributed by atoms with Gasteiger partial charge in [0.05, 0.1) is 12.8 Å². The first-order chi connectivity index (χ1) is 14.1. The van der Waals surface area contributed by atoms with E-state index in [0.717, 1.165) is 5.39 Å². The van der Waals surface area contributed by atoms with Crippen LogP contribution in [0.5, 0.6) is 5.75 Å². The molecule has 0 saturated carbocycles. The zero-order valence-corrected chi connectivity index (χ0v) is 15.6. The molecule has 4 rings (SSSR count). The van der Waals surface area contributed by atoms with Gasteiger partial charge in [-0.15, -0.1) is 0 Å². The lowest BCUT2D eigenvalue weighted by molar-refractivity contribution is -0.116. The molecule has 4 aromatic rings. The first kappa shape index (κ1) is 18.5. The molecule has 0 unspecified atom stereocenters. The van der Waals surface area contributed by atoms with Crippen molar-refractivity contribution in [2.45, 2.75) is 12.8 Å². The minimum Gasteiger partial charge on any atom is -0.494 e. The molecule has 0 aliphatic carbocycles. The Morgan fingerprint density at radius 3 is 2.79 bits per heavy atom. The molecule has 7 nitrogen and oxygen atoms in total. The van der Waals surface area contributed by atoms with Crippen molar-refractivity contribution in [2.75, 3.05) is 12.4 Å². The number of anilines is 1. The van der Waals surface area contributed by atoms with Crippen LogP contribution in [0.3, 0.4) is 0 Å². The number of methoxy groups -OCH3 is 1. The largest absolute Gasteiger partial charge is 0.494 e. The minimum atomic E-state index is -0.338. The molecule has 0 bridgehead atoms. The van der Waals surface area contributed by atoms with E-state index in [1.54, 1.807) is 43.6 Å². The molecular weight excluding hydrogens is 375 g/mol. The van der Waals surface area contributed by atoms with E-state index in [1.165, 1.54) is 12.1 Å². The van der Waals surface area contributed by atoms with Crippen molar-refractivity contribution in [3.8, 4) is 17.1 Å². The maximum atomic E-state index is 13.0. The Labute approximate surface area is 165 Å². The molecule has 146 valence electrons. The first-order valence-electron chi connectivity index (χ1n) is 8.94. The Kier molecular flexibility index (Phi) is 5.15. The van der Waals surface area contributed by atoms with E-state index >= 15 is 0 Å². The summed E-state index contributed by atoms with van der Waals surface area (Å²) in [5.41, 5.74) is 1.97. The third-order valence-electron chi connectivity index (χ3n) is 4.36. The van der Waals surface area contributed by atoms with Gasteiger partial charge in [0.15, 0.2) is 0 Å². The van der Waals surface area contributed by atoms with Crippen LogP contribution >= 0.6 is 0 Å². The number of nitrogens with zero attached hydrogens (tertiary/aromatic N) is 3. The number of aryl methyl sites for hydroxylation is 1. The van der Waals surface area contributed by atoms with Crippen molar-refractivity contribution in [1.29, 1.82) is 0 Å². The van der Waals surface area contributed by atoms with E-state index in [9.17, 15) is 9.18 Å². The third-order valence-corrected chi connectivity index (χ3v) is 4.36. The second-order valence-electron chi connectivity index (χ2n) is 6.28. The van der Waals surface area contributed by atoms with Gasteiger partial charge >= 0.3 is 0 Å². The number of halogens is 1. The van der Waals surface area contributed by atoms with E-state index in [-0.39, 0.29) is 24.6 Å². The zero-order chi connectivity index (χ0) is 20.2. The number of hydrogen-bond acceptors (Lipinski definition) is 6. The number of aromatic nitrogens is 3. The monoisotopic (exact) mass is 392 g/mol. The van der Waals surface area contributed by atoms with Crippen LogP contribution in [-0.4, -0.2) is 28.1 Å². The molecule has 0 radical (unpaired) electrons. The summed E-state index contributed by atoms with van der Waals surface area (Å²) >= 11 is 0. The smallest absolute Gasteiger partial charge is 0.227 e. The van der Waals surface area contributed by atoms with Crippen LogP contribution in [0, 0.1) is 5.82 Å². The number of pyridine rings is 1. The molecule has 0 aliphatic rings. The maximum Gasteiger partial charge on any atom is 0.227 e. The van der Waals surface area contributed by atoms with Gasteiger partial charge in [-0.1, -0.05) is 5.16 Å². The third kappa shape index (κ3) is 4.06. The van der Waals surface area contributed by atoms with E-state index < -0.39 is 0 Å². The number of carbonyl (C=O) groups is 1. The molecular formula is C21H17FN4O3. The standard InChI is InChI=1S/C21H17FN4O3/c1-28-17-9-8-16(15-3-2-12-23-20(15)17)24-18(27)10-11-19-25-21(26-29-19)13-4-6-14(22)7-5-13/h2-9,12H,10-11H2,1H3,(H,24,27). The number of rotatable bonds is 6. The summed E-state index contributed by atoms with van der Waals surface area (Å²) in [6.45, 7) is 0. The summed E-state index contributed by atoms with van der Waals surface area (Å²) in [4.78, 5) is 21.0. The van der Waals surface area contributed by atoms with Crippen LogP contribution in [0.25, 0.3) is 22.3 Å². The molecule has 2 aromatic carbocycles. The number of fused-ring (bicyclic) bond motifs is 1. The highest BCUT2D eigenvalue weighted by Crippen LogP contribution is 2.29. The highest BCUT2D eigenvalue weighted by molar-refractivity contribution is 6.02. The van der Waals surface area contributed by atoms with E-state index in [4.69, 9.17) is 9.26 Å². The second kappa shape index (κ2) is 8.05. The highest BCUT2D eigenvalue weighted by atomic mass is 19.1. The fourth-order valence-corrected chi connectivity index (χ4v) is 2.93. The lowest BCUT2D eigenvalue weighted by Crippen LogP contribution is -2.13. The summed E-state index contributed by atoms with van der Waals surface area (Å²) in [5, 5.41) is 7.55. The molecule has 0 aliphatic heterocycles. The lowest BCUT2D eigenvalue weighted by atomic mass is 10.1. The second-order valence-corrected chi connectivity index (χ2v) is 6.28. The summed E-state index contributed by atoms with van der Waals surface area (Å²) in [5.74, 6) is 0.795. The van der Waals surface area contributed by atoms with Crippen molar-refractivity contribution in [3.05, 3.63) is 66.4 Å². The van der Waals surface area contributed by atoms with Gasteiger partial charge in [0.1, 0.15) is 17.1 Å². The van der Waals surface area contributed by atoms with E-state index in [2.05, 4.69) is 20.4 Å². The van der Waals surface area contributed by atoms with Crippen molar-refractivity contribution < 1.29 is 18.4 Å². The minimum absolute atomic E-state index is 0.166. The summed E-state index contributed by atoms with van der Waals surface area (Å²) in [7, 11) is 1.58. The van der Waals surface area contributed by atoms with Gasteiger partial charge in [-0.3, -0.25) is 9.78 Å². The van der Waals surface area contributed by atoms with Crippen LogP contribution < -0.4 is 10.1 Å². The Balaban J connectivity index is 1.42. The fourth-order valence-electron chi connectivity index (χ4n) is 2.93. The van der Waals surface area contributed by atoms with Gasteiger partial charge in [-0.25, -0.2) is 4.39 Å². The van der Waals surface area contributed by atoms with Gasteiger partial charge < -0.3 is 14.6 Å². The van der Waals surface area contributed by atoms with Crippen LogP contribution in [-0.2, 0) is 11.2 Å². The molecule has 29 heavy (non-hydrogen) atoms. The van der Waals surface area contributed by atoms with Crippen molar-refractivity contribution in [1.82, 2.24) is 15.1 Å². The molecule has 0 saturated heterocycles. The zero-order valence-electron chi connectivity index (χ0n) is 15.6. The van der Waals surface area contributed by atoms with E-state index in [1.807, 2.05) is 6.07 Å². The number of nitrogens with one attached hydrogen (secondary N) is 1.